The van der Waals surface area contributed by atoms with Crippen molar-refractivity contribution in [2.75, 3.05) is 13.1 Å². The van der Waals surface area contributed by atoms with E-state index >= 15 is 0 Å². The maximum absolute atomic E-state index is 12.5. The Morgan fingerprint density at radius 2 is 1.84 bits per heavy atom. The highest BCUT2D eigenvalue weighted by atomic mass is 16.2. The van der Waals surface area contributed by atoms with Gasteiger partial charge in [-0.2, -0.15) is 0 Å². The Labute approximate surface area is 112 Å². The molecule has 0 aromatic heterocycles. The Hall–Kier alpha value is -1.43. The average Bonchev–Trinajstić information content (AvgIpc) is 3.05. The molecular weight excluding hydrogens is 246 g/mol. The Morgan fingerprint density at radius 3 is 2.47 bits per heavy atom. The third-order valence-electron chi connectivity index (χ3n) is 3.95. The van der Waals surface area contributed by atoms with Gasteiger partial charge in [-0.15, -0.1) is 0 Å². The molecule has 6 nitrogen and oxygen atoms in total. The van der Waals surface area contributed by atoms with Crippen LogP contribution in [0.15, 0.2) is 0 Å². The summed E-state index contributed by atoms with van der Waals surface area (Å²) >= 11 is 0. The normalized spacial score (nSPS) is 28.5. The van der Waals surface area contributed by atoms with Crippen molar-refractivity contribution >= 4 is 18.1 Å². The molecule has 0 saturated carbocycles. The first-order valence-electron chi connectivity index (χ1n) is 6.88. The predicted octanol–water partition coefficient (Wildman–Crippen LogP) is -0.485. The fourth-order valence-electron chi connectivity index (χ4n) is 2.95. The minimum atomic E-state index is -0.589. The quantitative estimate of drug-likeness (QED) is 0.700. The Morgan fingerprint density at radius 1 is 1.21 bits per heavy atom. The number of rotatable bonds is 3. The van der Waals surface area contributed by atoms with Crippen LogP contribution in [0.3, 0.4) is 0 Å². The molecule has 2 aliphatic rings. The molecule has 2 fully saturated rings. The van der Waals surface area contributed by atoms with Crippen LogP contribution in [0.1, 0.15) is 32.6 Å². The summed E-state index contributed by atoms with van der Waals surface area (Å²) in [7, 11) is 0. The van der Waals surface area contributed by atoms with E-state index in [-0.39, 0.29) is 17.9 Å². The molecule has 0 radical (unpaired) electrons. The molecule has 0 unspecified atom stereocenters. The molecule has 19 heavy (non-hydrogen) atoms. The van der Waals surface area contributed by atoms with Gasteiger partial charge in [0.15, 0.2) is 0 Å². The van der Waals surface area contributed by atoms with E-state index in [4.69, 9.17) is 5.73 Å². The summed E-state index contributed by atoms with van der Waals surface area (Å²) in [4.78, 5) is 38.6. The molecule has 2 amide bonds. The smallest absolute Gasteiger partial charge is 0.245 e. The van der Waals surface area contributed by atoms with Crippen molar-refractivity contribution in [3.63, 3.8) is 0 Å². The molecule has 2 rings (SSSR count). The SMILES string of the molecule is C[C@H](N)C(=O)N1CCC[C@H]1C(=O)N1CCC[C@H]1C=O. The maximum Gasteiger partial charge on any atom is 0.245 e. The zero-order valence-electron chi connectivity index (χ0n) is 11.2. The highest BCUT2D eigenvalue weighted by Crippen LogP contribution is 2.24. The number of carbonyl (C=O) groups excluding carboxylic acids is 3. The summed E-state index contributed by atoms with van der Waals surface area (Å²) in [6.45, 7) is 2.82. The molecule has 0 spiro atoms. The molecule has 2 heterocycles. The number of likely N-dealkylation sites (tertiary alicyclic amines) is 2. The lowest BCUT2D eigenvalue weighted by molar-refractivity contribution is -0.145. The van der Waals surface area contributed by atoms with E-state index in [0.717, 1.165) is 25.5 Å². The van der Waals surface area contributed by atoms with Crippen LogP contribution in [-0.4, -0.2) is 59.1 Å². The summed E-state index contributed by atoms with van der Waals surface area (Å²) in [5.41, 5.74) is 5.61. The van der Waals surface area contributed by atoms with Crippen molar-refractivity contribution in [2.45, 2.75) is 50.7 Å². The minimum absolute atomic E-state index is 0.0962. The molecule has 0 aromatic carbocycles. The number of hydrogen-bond donors (Lipinski definition) is 1. The van der Waals surface area contributed by atoms with E-state index in [1.165, 1.54) is 0 Å². The summed E-state index contributed by atoms with van der Waals surface area (Å²) in [6.07, 6.45) is 3.89. The van der Waals surface area contributed by atoms with Crippen molar-refractivity contribution in [1.29, 1.82) is 0 Å². The first-order valence-corrected chi connectivity index (χ1v) is 6.88. The Bertz CT molecular complexity index is 383. The highest BCUT2D eigenvalue weighted by molar-refractivity contribution is 5.91. The molecule has 2 aliphatic heterocycles. The Kier molecular flexibility index (Phi) is 4.19. The van der Waals surface area contributed by atoms with Gasteiger partial charge in [0.25, 0.3) is 0 Å². The molecule has 0 aliphatic carbocycles. The number of aldehydes is 1. The van der Waals surface area contributed by atoms with Crippen LogP contribution in [0.5, 0.6) is 0 Å². The maximum atomic E-state index is 12.5. The standard InChI is InChI=1S/C13H21N3O3/c1-9(14)12(18)16-7-3-5-11(16)13(19)15-6-2-4-10(15)8-17/h8-11H,2-7,14H2,1H3/t9-,10-,11-/m0/s1. The van der Waals surface area contributed by atoms with E-state index in [0.29, 0.717) is 19.5 Å². The van der Waals surface area contributed by atoms with E-state index in [9.17, 15) is 14.4 Å². The molecule has 0 bridgehead atoms. The topological polar surface area (TPSA) is 83.7 Å². The van der Waals surface area contributed by atoms with Gasteiger partial charge in [-0.25, -0.2) is 0 Å². The van der Waals surface area contributed by atoms with Gasteiger partial charge in [-0.3, -0.25) is 9.59 Å². The second kappa shape index (κ2) is 5.69. The summed E-state index contributed by atoms with van der Waals surface area (Å²) in [6, 6.07) is -1.34. The largest absolute Gasteiger partial charge is 0.331 e. The van der Waals surface area contributed by atoms with Crippen molar-refractivity contribution in [2.24, 2.45) is 5.73 Å². The number of amides is 2. The second-order valence-electron chi connectivity index (χ2n) is 5.36. The lowest BCUT2D eigenvalue weighted by atomic mass is 10.1. The van der Waals surface area contributed by atoms with Crippen LogP contribution in [-0.2, 0) is 14.4 Å². The van der Waals surface area contributed by atoms with Gasteiger partial charge in [-0.1, -0.05) is 0 Å². The van der Waals surface area contributed by atoms with Gasteiger partial charge >= 0.3 is 0 Å². The zero-order chi connectivity index (χ0) is 14.0. The van der Waals surface area contributed by atoms with Crippen LogP contribution in [0.4, 0.5) is 0 Å². The summed E-state index contributed by atoms with van der Waals surface area (Å²) < 4.78 is 0. The van der Waals surface area contributed by atoms with E-state index in [1.807, 2.05) is 0 Å². The first-order chi connectivity index (χ1) is 9.06. The highest BCUT2D eigenvalue weighted by Gasteiger charge is 2.40. The van der Waals surface area contributed by atoms with E-state index < -0.39 is 12.1 Å². The fourth-order valence-corrected chi connectivity index (χ4v) is 2.95. The van der Waals surface area contributed by atoms with Crippen molar-refractivity contribution in [3.05, 3.63) is 0 Å². The van der Waals surface area contributed by atoms with Crippen LogP contribution in [0, 0.1) is 0 Å². The molecule has 3 atom stereocenters. The number of hydrogen-bond acceptors (Lipinski definition) is 4. The van der Waals surface area contributed by atoms with Crippen molar-refractivity contribution < 1.29 is 14.4 Å². The monoisotopic (exact) mass is 267 g/mol. The number of nitrogens with zero attached hydrogens (tertiary/aromatic N) is 2. The first kappa shape index (κ1) is 14.0. The Balaban J connectivity index is 2.09. The van der Waals surface area contributed by atoms with E-state index in [2.05, 4.69) is 0 Å². The molecule has 6 heteroatoms. The molecule has 0 aromatic rings. The van der Waals surface area contributed by atoms with E-state index in [1.54, 1.807) is 16.7 Å². The average molecular weight is 267 g/mol. The third-order valence-corrected chi connectivity index (χ3v) is 3.95. The van der Waals surface area contributed by atoms with Crippen molar-refractivity contribution in [1.82, 2.24) is 9.80 Å². The second-order valence-corrected chi connectivity index (χ2v) is 5.36. The van der Waals surface area contributed by atoms with Crippen molar-refractivity contribution in [3.8, 4) is 0 Å². The zero-order valence-corrected chi connectivity index (χ0v) is 11.2. The summed E-state index contributed by atoms with van der Waals surface area (Å²) in [5.74, 6) is -0.279. The van der Waals surface area contributed by atoms with Gasteiger partial charge in [-0.05, 0) is 32.6 Å². The van der Waals surface area contributed by atoms with Crippen LogP contribution in [0.2, 0.25) is 0 Å². The lowest BCUT2D eigenvalue weighted by Gasteiger charge is -2.30. The molecular formula is C13H21N3O3. The minimum Gasteiger partial charge on any atom is -0.331 e. The molecule has 106 valence electrons. The third kappa shape index (κ3) is 2.63. The van der Waals surface area contributed by atoms with Gasteiger partial charge in [0.1, 0.15) is 12.3 Å². The van der Waals surface area contributed by atoms with Gasteiger partial charge in [0.05, 0.1) is 12.1 Å². The van der Waals surface area contributed by atoms with Gasteiger partial charge < -0.3 is 20.3 Å². The molecule has 2 saturated heterocycles. The fraction of sp³-hybridized carbons (Fsp3) is 0.769. The van der Waals surface area contributed by atoms with Crippen LogP contribution >= 0.6 is 0 Å². The predicted molar refractivity (Wildman–Crippen MR) is 69.2 cm³/mol. The lowest BCUT2D eigenvalue weighted by Crippen LogP contribution is -2.52. The van der Waals surface area contributed by atoms with Crippen LogP contribution < -0.4 is 5.73 Å². The molecule has 2 N–H and O–H groups in total. The number of nitrogens with two attached hydrogens (primary N) is 1. The van der Waals surface area contributed by atoms with Crippen LogP contribution in [0.25, 0.3) is 0 Å². The van der Waals surface area contributed by atoms with Gasteiger partial charge in [0.2, 0.25) is 11.8 Å². The summed E-state index contributed by atoms with van der Waals surface area (Å²) in [5, 5.41) is 0. The number of carbonyl (C=O) groups is 3. The van der Waals surface area contributed by atoms with Gasteiger partial charge in [0, 0.05) is 13.1 Å².